The number of hydrogen-bond acceptors (Lipinski definition) is 3. The highest BCUT2D eigenvalue weighted by Gasteiger charge is 2.10. The quantitative estimate of drug-likeness (QED) is 0.767. The Hall–Kier alpha value is -0.770. The molecular weight excluding hydrogens is 208 g/mol. The SMILES string of the molecule is OCc1csc2c(Cl)ccc(O)c12. The van der Waals surface area contributed by atoms with Crippen LogP contribution in [0.1, 0.15) is 5.56 Å². The molecule has 0 bridgehead atoms. The Morgan fingerprint density at radius 1 is 1.38 bits per heavy atom. The van der Waals surface area contributed by atoms with Crippen LogP contribution in [0.3, 0.4) is 0 Å². The summed E-state index contributed by atoms with van der Waals surface area (Å²) in [5, 5.41) is 21.6. The summed E-state index contributed by atoms with van der Waals surface area (Å²) in [7, 11) is 0. The van der Waals surface area contributed by atoms with E-state index in [2.05, 4.69) is 0 Å². The highest BCUT2D eigenvalue weighted by atomic mass is 35.5. The number of benzene rings is 1. The Labute approximate surface area is 84.0 Å². The average Bonchev–Trinajstić information content (AvgIpc) is 2.56. The molecule has 0 saturated heterocycles. The molecule has 2 aromatic rings. The lowest BCUT2D eigenvalue weighted by atomic mass is 10.2. The molecule has 0 atom stereocenters. The second-order valence-corrected chi connectivity index (χ2v) is 3.98. The van der Waals surface area contributed by atoms with Gasteiger partial charge < -0.3 is 10.2 Å². The van der Waals surface area contributed by atoms with Crippen molar-refractivity contribution in [1.82, 2.24) is 0 Å². The van der Waals surface area contributed by atoms with Gasteiger partial charge in [-0.1, -0.05) is 11.6 Å². The fourth-order valence-electron chi connectivity index (χ4n) is 1.28. The minimum atomic E-state index is -0.0755. The largest absolute Gasteiger partial charge is 0.507 e. The second-order valence-electron chi connectivity index (χ2n) is 2.69. The van der Waals surface area contributed by atoms with Crippen LogP contribution >= 0.6 is 22.9 Å². The Balaban J connectivity index is 2.87. The molecule has 13 heavy (non-hydrogen) atoms. The molecule has 0 aliphatic carbocycles. The van der Waals surface area contributed by atoms with Crippen molar-refractivity contribution >= 4 is 33.0 Å². The fraction of sp³-hybridized carbons (Fsp3) is 0.111. The summed E-state index contributed by atoms with van der Waals surface area (Å²) < 4.78 is 0.825. The number of rotatable bonds is 1. The molecule has 1 aromatic carbocycles. The highest BCUT2D eigenvalue weighted by Crippen LogP contribution is 2.37. The Morgan fingerprint density at radius 3 is 2.85 bits per heavy atom. The van der Waals surface area contributed by atoms with Gasteiger partial charge in [0.15, 0.2) is 0 Å². The van der Waals surface area contributed by atoms with Crippen LogP contribution in [0.5, 0.6) is 5.75 Å². The van der Waals surface area contributed by atoms with Crippen molar-refractivity contribution in [3.05, 3.63) is 28.1 Å². The zero-order chi connectivity index (χ0) is 9.42. The monoisotopic (exact) mass is 214 g/mol. The molecule has 2 nitrogen and oxygen atoms in total. The number of aliphatic hydroxyl groups excluding tert-OH is 1. The van der Waals surface area contributed by atoms with Crippen molar-refractivity contribution in [1.29, 1.82) is 0 Å². The molecule has 0 fully saturated rings. The molecule has 68 valence electrons. The Bertz CT molecular complexity index is 450. The van der Waals surface area contributed by atoms with E-state index in [1.165, 1.54) is 17.4 Å². The maximum Gasteiger partial charge on any atom is 0.124 e. The van der Waals surface area contributed by atoms with Crippen molar-refractivity contribution in [2.45, 2.75) is 6.61 Å². The van der Waals surface area contributed by atoms with Crippen LogP contribution < -0.4 is 0 Å². The molecule has 2 N–H and O–H groups in total. The van der Waals surface area contributed by atoms with Crippen LogP contribution in [0.2, 0.25) is 5.02 Å². The van der Waals surface area contributed by atoms with Gasteiger partial charge in [-0.15, -0.1) is 11.3 Å². The van der Waals surface area contributed by atoms with Gasteiger partial charge in [0.25, 0.3) is 0 Å². The van der Waals surface area contributed by atoms with E-state index in [0.29, 0.717) is 10.4 Å². The van der Waals surface area contributed by atoms with Crippen LogP contribution in [0.25, 0.3) is 10.1 Å². The molecule has 2 rings (SSSR count). The first kappa shape index (κ1) is 8.81. The molecule has 0 spiro atoms. The van der Waals surface area contributed by atoms with Gasteiger partial charge >= 0.3 is 0 Å². The van der Waals surface area contributed by atoms with Gasteiger partial charge in [0.05, 0.1) is 16.3 Å². The van der Waals surface area contributed by atoms with E-state index >= 15 is 0 Å². The molecule has 0 saturated carbocycles. The normalized spacial score (nSPS) is 10.9. The lowest BCUT2D eigenvalue weighted by Gasteiger charge is -1.98. The summed E-state index contributed by atoms with van der Waals surface area (Å²) in [5.41, 5.74) is 0.722. The van der Waals surface area contributed by atoms with Gasteiger partial charge in [-0.2, -0.15) is 0 Å². The summed E-state index contributed by atoms with van der Waals surface area (Å²) in [6.07, 6.45) is 0. The predicted molar refractivity (Wildman–Crippen MR) is 54.4 cm³/mol. The van der Waals surface area contributed by atoms with Gasteiger partial charge in [-0.3, -0.25) is 0 Å². The van der Waals surface area contributed by atoms with Gasteiger partial charge in [0, 0.05) is 5.39 Å². The first-order valence-electron chi connectivity index (χ1n) is 3.72. The molecule has 0 aliphatic rings. The van der Waals surface area contributed by atoms with Crippen LogP contribution in [0.4, 0.5) is 0 Å². The first-order chi connectivity index (χ1) is 6.24. The molecule has 4 heteroatoms. The van der Waals surface area contributed by atoms with Gasteiger partial charge in [0.1, 0.15) is 5.75 Å². The van der Waals surface area contributed by atoms with E-state index < -0.39 is 0 Å². The number of fused-ring (bicyclic) bond motifs is 1. The average molecular weight is 215 g/mol. The number of phenols is 1. The molecule has 1 heterocycles. The molecule has 0 unspecified atom stereocenters. The number of aliphatic hydroxyl groups is 1. The van der Waals surface area contributed by atoms with Crippen LogP contribution in [-0.4, -0.2) is 10.2 Å². The zero-order valence-corrected chi connectivity index (χ0v) is 8.19. The van der Waals surface area contributed by atoms with Crippen molar-refractivity contribution in [3.63, 3.8) is 0 Å². The number of aromatic hydroxyl groups is 1. The number of phenolic OH excluding ortho intramolecular Hbond substituents is 1. The molecular formula is C9H7ClO2S. The fourth-order valence-corrected chi connectivity index (χ4v) is 2.56. The van der Waals surface area contributed by atoms with E-state index in [1.54, 1.807) is 11.4 Å². The number of hydrogen-bond donors (Lipinski definition) is 2. The van der Waals surface area contributed by atoms with Crippen LogP contribution in [-0.2, 0) is 6.61 Å². The Morgan fingerprint density at radius 2 is 2.15 bits per heavy atom. The van der Waals surface area contributed by atoms with Crippen molar-refractivity contribution in [2.24, 2.45) is 0 Å². The zero-order valence-electron chi connectivity index (χ0n) is 6.62. The molecule has 0 amide bonds. The van der Waals surface area contributed by atoms with E-state index in [9.17, 15) is 5.11 Å². The van der Waals surface area contributed by atoms with Gasteiger partial charge in [-0.05, 0) is 23.1 Å². The third kappa shape index (κ3) is 1.29. The summed E-state index contributed by atoms with van der Waals surface area (Å²) >= 11 is 7.34. The van der Waals surface area contributed by atoms with E-state index in [1.807, 2.05) is 0 Å². The highest BCUT2D eigenvalue weighted by molar-refractivity contribution is 7.18. The number of thiophene rings is 1. The lowest BCUT2D eigenvalue weighted by Crippen LogP contribution is -1.79. The standard InChI is InChI=1S/C9H7ClO2S/c10-6-1-2-7(12)8-5(3-11)4-13-9(6)8/h1-2,4,11-12H,3H2. The van der Waals surface area contributed by atoms with Crippen LogP contribution in [0, 0.1) is 0 Å². The molecule has 1 aromatic heterocycles. The Kier molecular flexibility index (Phi) is 2.15. The minimum Gasteiger partial charge on any atom is -0.507 e. The van der Waals surface area contributed by atoms with Gasteiger partial charge in [0.2, 0.25) is 0 Å². The first-order valence-corrected chi connectivity index (χ1v) is 4.98. The lowest BCUT2D eigenvalue weighted by molar-refractivity contribution is 0.283. The third-order valence-electron chi connectivity index (χ3n) is 1.90. The van der Waals surface area contributed by atoms with E-state index in [4.69, 9.17) is 16.7 Å². The summed E-state index contributed by atoms with van der Waals surface area (Å²) in [6.45, 7) is -0.0755. The smallest absolute Gasteiger partial charge is 0.124 e. The number of halogens is 1. The molecule has 0 radical (unpaired) electrons. The van der Waals surface area contributed by atoms with Crippen LogP contribution in [0.15, 0.2) is 17.5 Å². The summed E-state index contributed by atoms with van der Waals surface area (Å²) in [6, 6.07) is 3.19. The minimum absolute atomic E-state index is 0.0755. The summed E-state index contributed by atoms with van der Waals surface area (Å²) in [5.74, 6) is 0.171. The maximum atomic E-state index is 9.53. The molecule has 0 aliphatic heterocycles. The van der Waals surface area contributed by atoms with Gasteiger partial charge in [-0.25, -0.2) is 0 Å². The van der Waals surface area contributed by atoms with Crippen molar-refractivity contribution in [3.8, 4) is 5.75 Å². The van der Waals surface area contributed by atoms with E-state index in [0.717, 1.165) is 10.3 Å². The summed E-state index contributed by atoms with van der Waals surface area (Å²) in [4.78, 5) is 0. The van der Waals surface area contributed by atoms with E-state index in [-0.39, 0.29) is 12.4 Å². The second kappa shape index (κ2) is 3.18. The van der Waals surface area contributed by atoms with Crippen molar-refractivity contribution in [2.75, 3.05) is 0 Å². The maximum absolute atomic E-state index is 9.53. The van der Waals surface area contributed by atoms with Crippen molar-refractivity contribution < 1.29 is 10.2 Å². The predicted octanol–water partition coefficient (Wildman–Crippen LogP) is 2.75. The third-order valence-corrected chi connectivity index (χ3v) is 3.39. The topological polar surface area (TPSA) is 40.5 Å².